The van der Waals surface area contributed by atoms with E-state index in [2.05, 4.69) is 62.4 Å². The zero-order valence-corrected chi connectivity index (χ0v) is 19.7. The molecule has 0 amide bonds. The summed E-state index contributed by atoms with van der Waals surface area (Å²) < 4.78 is 0. The topological polar surface area (TPSA) is 57.5 Å². The van der Waals surface area contributed by atoms with Gasteiger partial charge in [0.1, 0.15) is 11.5 Å². The van der Waals surface area contributed by atoms with E-state index in [1.165, 1.54) is 41.0 Å². The van der Waals surface area contributed by atoms with E-state index in [4.69, 9.17) is 10.2 Å². The molecular formula is C30H32O3. The Balaban J connectivity index is 0.000000218. The van der Waals surface area contributed by atoms with Gasteiger partial charge in [0.25, 0.3) is 0 Å². The maximum Gasteiger partial charge on any atom is 0.193 e. The van der Waals surface area contributed by atoms with Crippen LogP contribution < -0.4 is 0 Å². The average Bonchev–Trinajstić information content (AvgIpc) is 2.87. The van der Waals surface area contributed by atoms with Crippen LogP contribution in [0.3, 0.4) is 0 Å². The van der Waals surface area contributed by atoms with Crippen molar-refractivity contribution < 1.29 is 15.0 Å². The first-order valence-electron chi connectivity index (χ1n) is 11.2. The molecule has 0 atom stereocenters. The first-order valence-corrected chi connectivity index (χ1v) is 11.2. The van der Waals surface area contributed by atoms with Gasteiger partial charge in [-0.1, -0.05) is 82.3 Å². The maximum atomic E-state index is 11.9. The van der Waals surface area contributed by atoms with Gasteiger partial charge >= 0.3 is 0 Å². The molecule has 3 nitrogen and oxygen atoms in total. The van der Waals surface area contributed by atoms with Crippen molar-refractivity contribution >= 4 is 5.78 Å². The lowest BCUT2D eigenvalue weighted by molar-refractivity contribution is 0.103. The van der Waals surface area contributed by atoms with Gasteiger partial charge in [-0.15, -0.1) is 0 Å². The molecule has 0 heterocycles. The molecule has 0 aromatic heterocycles. The van der Waals surface area contributed by atoms with E-state index in [9.17, 15) is 4.79 Å². The van der Waals surface area contributed by atoms with Crippen LogP contribution in [0.1, 0.15) is 55.1 Å². The van der Waals surface area contributed by atoms with E-state index in [0.29, 0.717) is 17.0 Å². The van der Waals surface area contributed by atoms with Crippen LogP contribution in [-0.2, 0) is 0 Å². The maximum absolute atomic E-state index is 11.9. The molecule has 0 saturated carbocycles. The highest BCUT2D eigenvalue weighted by Crippen LogP contribution is 2.22. The number of carbonyl (C=O) groups excluding carboxylic acids is 1. The molecule has 0 aliphatic rings. The molecule has 4 aromatic rings. The molecule has 0 bridgehead atoms. The second-order valence-electron chi connectivity index (χ2n) is 7.57. The molecule has 170 valence electrons. The smallest absolute Gasteiger partial charge is 0.193 e. The van der Waals surface area contributed by atoms with Crippen molar-refractivity contribution in [3.8, 4) is 22.6 Å². The summed E-state index contributed by atoms with van der Waals surface area (Å²) in [5.74, 6) is 0.722. The lowest BCUT2D eigenvalue weighted by Crippen LogP contribution is -2.00. The Labute approximate surface area is 197 Å². The van der Waals surface area contributed by atoms with Gasteiger partial charge in [0.2, 0.25) is 0 Å². The van der Waals surface area contributed by atoms with E-state index in [0.717, 1.165) is 0 Å². The molecule has 0 unspecified atom stereocenters. The summed E-state index contributed by atoms with van der Waals surface area (Å²) in [5.41, 5.74) is 4.98. The van der Waals surface area contributed by atoms with Crippen molar-refractivity contribution in [1.29, 1.82) is 0 Å². The minimum absolute atomic E-state index is 0.127. The Hall–Kier alpha value is -3.85. The summed E-state index contributed by atoms with van der Waals surface area (Å²) in [6, 6.07) is 31.4. The van der Waals surface area contributed by atoms with Crippen LogP contribution in [0.2, 0.25) is 0 Å². The van der Waals surface area contributed by atoms with Gasteiger partial charge in [0.15, 0.2) is 5.78 Å². The van der Waals surface area contributed by atoms with Crippen LogP contribution in [0.5, 0.6) is 11.5 Å². The number of benzene rings is 4. The van der Waals surface area contributed by atoms with Crippen molar-refractivity contribution in [2.75, 3.05) is 0 Å². The molecule has 0 aliphatic carbocycles. The van der Waals surface area contributed by atoms with Crippen molar-refractivity contribution in [1.82, 2.24) is 0 Å². The van der Waals surface area contributed by atoms with Crippen molar-refractivity contribution in [2.45, 2.75) is 33.6 Å². The molecule has 0 radical (unpaired) electrons. The molecule has 0 aliphatic heterocycles. The second-order valence-corrected chi connectivity index (χ2v) is 7.57. The fraction of sp³-hybridized carbons (Fsp3) is 0.167. The van der Waals surface area contributed by atoms with Crippen LogP contribution >= 0.6 is 0 Å². The molecule has 0 saturated heterocycles. The molecular weight excluding hydrogens is 408 g/mol. The van der Waals surface area contributed by atoms with Crippen LogP contribution in [0.25, 0.3) is 11.1 Å². The van der Waals surface area contributed by atoms with E-state index >= 15 is 0 Å². The third-order valence-electron chi connectivity index (χ3n) is 4.94. The van der Waals surface area contributed by atoms with Crippen molar-refractivity contribution in [2.24, 2.45) is 0 Å². The van der Waals surface area contributed by atoms with Gasteiger partial charge in [0.05, 0.1) is 0 Å². The van der Waals surface area contributed by atoms with Gasteiger partial charge in [-0.2, -0.15) is 0 Å². The van der Waals surface area contributed by atoms with E-state index in [-0.39, 0.29) is 17.3 Å². The minimum atomic E-state index is -0.139. The highest BCUT2D eigenvalue weighted by Gasteiger charge is 2.08. The first-order chi connectivity index (χ1) is 15.9. The number of carbonyl (C=O) groups is 1. The largest absolute Gasteiger partial charge is 0.508 e. The lowest BCUT2D eigenvalue weighted by atomic mass is 9.99. The fourth-order valence-corrected chi connectivity index (χ4v) is 3.08. The normalized spacial score (nSPS) is 9.85. The molecule has 3 heteroatoms. The number of aromatic hydroxyl groups is 2. The van der Waals surface area contributed by atoms with Crippen LogP contribution in [0.4, 0.5) is 0 Å². The SMILES string of the molecule is CC.CC(C)c1ccc(-c2ccccc2)cc1.O=C(c1ccc(O)cc1)c1ccc(O)cc1. The number of rotatable bonds is 4. The van der Waals surface area contributed by atoms with Gasteiger partial charge in [-0.3, -0.25) is 4.79 Å². The Bertz CT molecular complexity index is 1050. The Morgan fingerprint density at radius 2 is 0.970 bits per heavy atom. The zero-order chi connectivity index (χ0) is 24.2. The van der Waals surface area contributed by atoms with Crippen molar-refractivity contribution in [3.63, 3.8) is 0 Å². The minimum Gasteiger partial charge on any atom is -0.508 e. The van der Waals surface area contributed by atoms with Crippen LogP contribution in [-0.4, -0.2) is 16.0 Å². The third-order valence-corrected chi connectivity index (χ3v) is 4.94. The summed E-state index contributed by atoms with van der Waals surface area (Å²) in [4.78, 5) is 11.9. The van der Waals surface area contributed by atoms with E-state index in [1.807, 2.05) is 19.9 Å². The number of hydrogen-bond acceptors (Lipinski definition) is 3. The molecule has 4 rings (SSSR count). The van der Waals surface area contributed by atoms with Crippen LogP contribution in [0.15, 0.2) is 103 Å². The highest BCUT2D eigenvalue weighted by atomic mass is 16.3. The number of phenols is 2. The van der Waals surface area contributed by atoms with Gasteiger partial charge in [-0.25, -0.2) is 0 Å². The molecule has 33 heavy (non-hydrogen) atoms. The van der Waals surface area contributed by atoms with Gasteiger partial charge < -0.3 is 10.2 Å². The predicted octanol–water partition coefficient (Wildman–Crippen LogP) is 7.83. The fourth-order valence-electron chi connectivity index (χ4n) is 3.08. The van der Waals surface area contributed by atoms with Crippen LogP contribution in [0, 0.1) is 0 Å². The number of phenolic OH excluding ortho intramolecular Hbond substituents is 2. The van der Waals surface area contributed by atoms with Gasteiger partial charge in [0, 0.05) is 11.1 Å². The lowest BCUT2D eigenvalue weighted by Gasteiger charge is -2.06. The Kier molecular flexibility index (Phi) is 9.91. The summed E-state index contributed by atoms with van der Waals surface area (Å²) in [6.45, 7) is 8.44. The summed E-state index contributed by atoms with van der Waals surface area (Å²) >= 11 is 0. The van der Waals surface area contributed by atoms with Crippen molar-refractivity contribution in [3.05, 3.63) is 120 Å². The van der Waals surface area contributed by atoms with E-state index in [1.54, 1.807) is 24.3 Å². The zero-order valence-electron chi connectivity index (χ0n) is 19.7. The first kappa shape index (κ1) is 25.4. The Morgan fingerprint density at radius 3 is 1.36 bits per heavy atom. The van der Waals surface area contributed by atoms with Gasteiger partial charge in [-0.05, 0) is 71.1 Å². The summed E-state index contributed by atoms with van der Waals surface area (Å²) in [5, 5.41) is 18.2. The second kappa shape index (κ2) is 12.9. The molecule has 0 fully saturated rings. The number of ketones is 1. The predicted molar refractivity (Wildman–Crippen MR) is 137 cm³/mol. The molecule has 0 spiro atoms. The third kappa shape index (κ3) is 7.65. The average molecular weight is 441 g/mol. The van der Waals surface area contributed by atoms with E-state index < -0.39 is 0 Å². The molecule has 4 aromatic carbocycles. The number of hydrogen-bond donors (Lipinski definition) is 2. The Morgan fingerprint density at radius 1 is 0.576 bits per heavy atom. The standard InChI is InChI=1S/C15H16.C13H10O3.C2H6/c1-12(2)13-8-10-15(11-9-13)14-6-4-3-5-7-14;14-11-5-1-9(2-6-11)13(16)10-3-7-12(15)8-4-10;1-2/h3-12H,1-2H3;1-8,14-15H;1-2H3. The highest BCUT2D eigenvalue weighted by molar-refractivity contribution is 6.09. The summed E-state index contributed by atoms with van der Waals surface area (Å²) in [6.07, 6.45) is 0. The summed E-state index contributed by atoms with van der Waals surface area (Å²) in [7, 11) is 0. The quantitative estimate of drug-likeness (QED) is 0.318. The molecule has 2 N–H and O–H groups in total. The monoisotopic (exact) mass is 440 g/mol.